The van der Waals surface area contributed by atoms with Gasteiger partial charge in [0.1, 0.15) is 0 Å². The van der Waals surface area contributed by atoms with Crippen molar-refractivity contribution in [3.63, 3.8) is 0 Å². The SMILES string of the molecule is CCCOc1c/c(=N/C(=O)NSCc2cccc(C(F)(F)F)c2)cnn1-c1ccccc1. The number of urea groups is 1. The summed E-state index contributed by atoms with van der Waals surface area (Å²) in [7, 11) is 0. The lowest BCUT2D eigenvalue weighted by Gasteiger charge is -2.12. The van der Waals surface area contributed by atoms with Crippen molar-refractivity contribution in [2.24, 2.45) is 4.99 Å². The van der Waals surface area contributed by atoms with Gasteiger partial charge in [0.15, 0.2) is 0 Å². The Morgan fingerprint density at radius 1 is 1.16 bits per heavy atom. The molecule has 1 heterocycles. The fraction of sp³-hybridized carbons (Fsp3) is 0.227. The van der Waals surface area contributed by atoms with Crippen molar-refractivity contribution >= 4 is 18.0 Å². The lowest BCUT2D eigenvalue weighted by Crippen LogP contribution is -2.19. The minimum absolute atomic E-state index is 0.164. The molecule has 0 bridgehead atoms. The highest BCUT2D eigenvalue weighted by Crippen LogP contribution is 2.30. The summed E-state index contributed by atoms with van der Waals surface area (Å²) in [5, 5.41) is 4.61. The molecule has 0 saturated carbocycles. The van der Waals surface area contributed by atoms with Crippen LogP contribution in [0.15, 0.2) is 71.9 Å². The van der Waals surface area contributed by atoms with E-state index in [2.05, 4.69) is 14.8 Å². The van der Waals surface area contributed by atoms with Gasteiger partial charge in [-0.05, 0) is 42.1 Å². The normalized spacial score (nSPS) is 11.9. The maximum atomic E-state index is 12.8. The molecule has 0 radical (unpaired) electrons. The summed E-state index contributed by atoms with van der Waals surface area (Å²) >= 11 is 0.954. The zero-order valence-corrected chi connectivity index (χ0v) is 18.0. The molecule has 2 amide bonds. The maximum Gasteiger partial charge on any atom is 0.416 e. The Morgan fingerprint density at radius 2 is 1.94 bits per heavy atom. The Morgan fingerprint density at radius 3 is 2.66 bits per heavy atom. The van der Waals surface area contributed by atoms with Gasteiger partial charge in [0.05, 0.1) is 29.4 Å². The monoisotopic (exact) mass is 462 g/mol. The molecule has 0 aliphatic heterocycles. The summed E-state index contributed by atoms with van der Waals surface area (Å²) in [6, 6.07) is 15.3. The third kappa shape index (κ3) is 6.61. The molecule has 0 atom stereocenters. The van der Waals surface area contributed by atoms with Gasteiger partial charge in [-0.25, -0.2) is 9.48 Å². The number of benzene rings is 2. The predicted octanol–water partition coefficient (Wildman–Crippen LogP) is 5.14. The van der Waals surface area contributed by atoms with E-state index in [4.69, 9.17) is 4.74 Å². The van der Waals surface area contributed by atoms with Crippen LogP contribution in [0.3, 0.4) is 0 Å². The number of carbonyl (C=O) groups excluding carboxylic acids is 1. The number of rotatable bonds is 7. The van der Waals surface area contributed by atoms with Crippen LogP contribution in [0.1, 0.15) is 24.5 Å². The highest BCUT2D eigenvalue weighted by molar-refractivity contribution is 7.97. The van der Waals surface area contributed by atoms with Crippen LogP contribution >= 0.6 is 11.9 Å². The van der Waals surface area contributed by atoms with Gasteiger partial charge in [0, 0.05) is 11.8 Å². The minimum Gasteiger partial charge on any atom is -0.478 e. The van der Waals surface area contributed by atoms with E-state index in [-0.39, 0.29) is 5.75 Å². The number of amides is 2. The Hall–Kier alpha value is -3.27. The molecule has 3 rings (SSSR count). The molecule has 3 aromatic rings. The van der Waals surface area contributed by atoms with Crippen LogP contribution in [0.5, 0.6) is 5.88 Å². The number of aromatic nitrogens is 2. The van der Waals surface area contributed by atoms with Crippen LogP contribution in [0.2, 0.25) is 0 Å². The number of nitrogens with zero attached hydrogens (tertiary/aromatic N) is 3. The van der Waals surface area contributed by atoms with E-state index in [1.807, 2.05) is 37.3 Å². The smallest absolute Gasteiger partial charge is 0.416 e. The molecule has 0 saturated heterocycles. The summed E-state index contributed by atoms with van der Waals surface area (Å²) in [6.07, 6.45) is -2.18. The molecular formula is C22H21F3N4O2S. The first-order valence-corrected chi connectivity index (χ1v) is 10.8. The zero-order chi connectivity index (χ0) is 23.0. The van der Waals surface area contributed by atoms with Gasteiger partial charge in [0.2, 0.25) is 5.88 Å². The van der Waals surface area contributed by atoms with Crippen LogP contribution in [0, 0.1) is 0 Å². The van der Waals surface area contributed by atoms with Crippen LogP contribution < -0.4 is 14.8 Å². The van der Waals surface area contributed by atoms with Crippen LogP contribution in [0.4, 0.5) is 18.0 Å². The number of nitrogens with one attached hydrogen (secondary N) is 1. The Kier molecular flexibility index (Phi) is 7.93. The molecule has 0 fully saturated rings. The minimum atomic E-state index is -4.41. The van der Waals surface area contributed by atoms with Gasteiger partial charge in [-0.1, -0.05) is 43.3 Å². The van der Waals surface area contributed by atoms with Crippen molar-refractivity contribution in [2.45, 2.75) is 25.3 Å². The molecule has 6 nitrogen and oxygen atoms in total. The van der Waals surface area contributed by atoms with E-state index in [9.17, 15) is 18.0 Å². The third-order valence-corrected chi connectivity index (χ3v) is 4.92. The lowest BCUT2D eigenvalue weighted by atomic mass is 10.1. The van der Waals surface area contributed by atoms with Crippen LogP contribution in [0.25, 0.3) is 5.69 Å². The molecule has 0 aliphatic rings. The van der Waals surface area contributed by atoms with E-state index in [1.165, 1.54) is 12.3 Å². The average Bonchev–Trinajstić information content (AvgIpc) is 2.78. The molecule has 0 unspecified atom stereocenters. The summed E-state index contributed by atoms with van der Waals surface area (Å²) in [5.74, 6) is 0.598. The summed E-state index contributed by atoms with van der Waals surface area (Å²) < 4.78 is 48.3. The van der Waals surface area contributed by atoms with Crippen molar-refractivity contribution in [1.29, 1.82) is 0 Å². The topological polar surface area (TPSA) is 68.5 Å². The number of hydrogen-bond donors (Lipinski definition) is 1. The standard InChI is InChI=1S/C22H21F3N4O2S/c1-2-11-31-20-13-18(14-26-29(20)19-9-4-3-5-10-19)27-21(30)28-32-15-16-7-6-8-17(12-16)22(23,24)25/h3-10,12-14H,2,11,15H2,1H3,(H,28,30)/b27-18-. The van der Waals surface area contributed by atoms with Gasteiger partial charge in [-0.15, -0.1) is 0 Å². The molecule has 1 aromatic heterocycles. The van der Waals surface area contributed by atoms with Gasteiger partial charge in [0.25, 0.3) is 0 Å². The Bertz CT molecular complexity index is 1120. The van der Waals surface area contributed by atoms with Crippen molar-refractivity contribution in [3.05, 3.63) is 83.3 Å². The van der Waals surface area contributed by atoms with Crippen molar-refractivity contribution in [3.8, 4) is 11.6 Å². The maximum absolute atomic E-state index is 12.8. The fourth-order valence-electron chi connectivity index (χ4n) is 2.69. The van der Waals surface area contributed by atoms with Crippen LogP contribution in [-0.4, -0.2) is 22.4 Å². The van der Waals surface area contributed by atoms with Gasteiger partial charge in [-0.3, -0.25) is 4.72 Å². The molecular weight excluding hydrogens is 441 g/mol. The van der Waals surface area contributed by atoms with Gasteiger partial charge < -0.3 is 4.74 Å². The van der Waals surface area contributed by atoms with Gasteiger partial charge in [-0.2, -0.15) is 23.3 Å². The van der Waals surface area contributed by atoms with E-state index >= 15 is 0 Å². The van der Waals surface area contributed by atoms with Gasteiger partial charge >= 0.3 is 12.2 Å². The second kappa shape index (κ2) is 10.9. The number of hydrogen-bond acceptors (Lipinski definition) is 4. The number of ether oxygens (including phenoxy) is 1. The molecule has 168 valence electrons. The van der Waals surface area contributed by atoms with Crippen molar-refractivity contribution in [1.82, 2.24) is 14.5 Å². The Balaban J connectivity index is 1.69. The van der Waals surface area contributed by atoms with E-state index < -0.39 is 17.8 Å². The molecule has 10 heteroatoms. The highest BCUT2D eigenvalue weighted by atomic mass is 32.2. The second-order valence-corrected chi connectivity index (χ2v) is 7.44. The lowest BCUT2D eigenvalue weighted by molar-refractivity contribution is -0.137. The molecule has 0 aliphatic carbocycles. The summed E-state index contributed by atoms with van der Waals surface area (Å²) in [5.41, 5.74) is 0.505. The van der Waals surface area contributed by atoms with Crippen molar-refractivity contribution in [2.75, 3.05) is 6.61 Å². The quantitative estimate of drug-likeness (QED) is 0.494. The zero-order valence-electron chi connectivity index (χ0n) is 17.2. The Labute approximate surface area is 187 Å². The van der Waals surface area contributed by atoms with E-state index in [1.54, 1.807) is 16.8 Å². The number of carbonyl (C=O) groups is 1. The first-order valence-electron chi connectivity index (χ1n) is 9.77. The van der Waals surface area contributed by atoms with Crippen molar-refractivity contribution < 1.29 is 22.7 Å². The largest absolute Gasteiger partial charge is 0.478 e. The van der Waals surface area contributed by atoms with E-state index in [0.717, 1.165) is 36.2 Å². The molecule has 2 aromatic carbocycles. The molecule has 32 heavy (non-hydrogen) atoms. The first-order chi connectivity index (χ1) is 15.4. The number of alkyl halides is 3. The van der Waals surface area contributed by atoms with E-state index in [0.29, 0.717) is 23.4 Å². The second-order valence-electron chi connectivity index (χ2n) is 6.65. The number of para-hydroxylation sites is 1. The van der Waals surface area contributed by atoms with Crippen LogP contribution in [-0.2, 0) is 11.9 Å². The third-order valence-electron chi connectivity index (χ3n) is 4.12. The summed E-state index contributed by atoms with van der Waals surface area (Å²) in [4.78, 5) is 16.1. The molecule has 0 spiro atoms. The average molecular weight is 462 g/mol. The fourth-order valence-corrected chi connectivity index (χ4v) is 3.28. The predicted molar refractivity (Wildman–Crippen MR) is 116 cm³/mol. The molecule has 1 N–H and O–H groups in total. The number of halogens is 3. The highest BCUT2D eigenvalue weighted by Gasteiger charge is 2.30. The summed E-state index contributed by atoms with van der Waals surface area (Å²) in [6.45, 7) is 2.45. The first kappa shape index (κ1) is 23.4.